The lowest BCUT2D eigenvalue weighted by molar-refractivity contribution is 1.29. The van der Waals surface area contributed by atoms with Crippen molar-refractivity contribution < 1.29 is 0 Å². The second kappa shape index (κ2) is 5.89. The zero-order valence-corrected chi connectivity index (χ0v) is 15.2. The molecule has 0 radical (unpaired) electrons. The van der Waals surface area contributed by atoms with Crippen LogP contribution in [0.1, 0.15) is 16.7 Å². The van der Waals surface area contributed by atoms with Crippen molar-refractivity contribution in [2.24, 2.45) is 0 Å². The van der Waals surface area contributed by atoms with Gasteiger partial charge in [0, 0.05) is 5.69 Å². The number of nitrogen functional groups attached to an aromatic ring is 1. The minimum absolute atomic E-state index is 0.481. The molecule has 0 aliphatic carbocycles. The summed E-state index contributed by atoms with van der Waals surface area (Å²) in [6, 6.07) is 12.3. The second-order valence-electron chi connectivity index (χ2n) is 6.23. The number of aryl methyl sites for hydroxylation is 3. The smallest absolute Gasteiger partial charge is 0.189 e. The Morgan fingerprint density at radius 1 is 1.04 bits per heavy atom. The van der Waals surface area contributed by atoms with Gasteiger partial charge >= 0.3 is 0 Å². The molecule has 2 aromatic carbocycles. The van der Waals surface area contributed by atoms with Gasteiger partial charge in [0.1, 0.15) is 10.7 Å². The van der Waals surface area contributed by atoms with Gasteiger partial charge in [0.2, 0.25) is 0 Å². The van der Waals surface area contributed by atoms with E-state index in [9.17, 15) is 0 Å². The van der Waals surface area contributed by atoms with Gasteiger partial charge in [-0.15, -0.1) is 0 Å². The van der Waals surface area contributed by atoms with Crippen LogP contribution in [0.15, 0.2) is 36.4 Å². The molecule has 25 heavy (non-hydrogen) atoms. The molecule has 6 heteroatoms. The maximum atomic E-state index is 6.15. The highest BCUT2D eigenvalue weighted by Gasteiger charge is 2.15. The molecule has 0 amide bonds. The lowest BCUT2D eigenvalue weighted by atomic mass is 10.1. The number of para-hydroxylation sites is 2. The number of hydrogen-bond donors (Lipinski definition) is 3. The molecule has 4 N–H and O–H groups in total. The van der Waals surface area contributed by atoms with E-state index in [2.05, 4.69) is 53.2 Å². The Bertz CT molecular complexity index is 1020. The summed E-state index contributed by atoms with van der Waals surface area (Å²) in [6.45, 7) is 6.30. The van der Waals surface area contributed by atoms with E-state index in [0.717, 1.165) is 32.6 Å². The van der Waals surface area contributed by atoms with Gasteiger partial charge in [-0.05, 0) is 44.0 Å². The zero-order valence-electron chi connectivity index (χ0n) is 14.3. The van der Waals surface area contributed by atoms with Crippen LogP contribution in [-0.4, -0.2) is 15.0 Å². The van der Waals surface area contributed by atoms with Gasteiger partial charge in [-0.2, -0.15) is 0 Å². The first-order valence-corrected chi connectivity index (χ1v) is 8.89. The lowest BCUT2D eigenvalue weighted by Gasteiger charge is -2.11. The van der Waals surface area contributed by atoms with Crippen LogP contribution in [0.5, 0.6) is 0 Å². The Morgan fingerprint density at radius 3 is 2.48 bits per heavy atom. The molecule has 0 spiro atoms. The monoisotopic (exact) mass is 349 g/mol. The zero-order chi connectivity index (χ0) is 17.6. The maximum Gasteiger partial charge on any atom is 0.189 e. The second-order valence-corrected chi connectivity index (χ2v) is 7.23. The van der Waals surface area contributed by atoms with E-state index in [0.29, 0.717) is 5.82 Å². The summed E-state index contributed by atoms with van der Waals surface area (Å²) in [4.78, 5) is 13.3. The summed E-state index contributed by atoms with van der Waals surface area (Å²) >= 11 is 1.50. The number of thiazole rings is 1. The number of imidazole rings is 1. The predicted molar refractivity (Wildman–Crippen MR) is 106 cm³/mol. The van der Waals surface area contributed by atoms with Gasteiger partial charge in [-0.3, -0.25) is 0 Å². The van der Waals surface area contributed by atoms with E-state index >= 15 is 0 Å². The molecule has 4 rings (SSSR count). The van der Waals surface area contributed by atoms with Crippen molar-refractivity contribution in [1.29, 1.82) is 0 Å². The van der Waals surface area contributed by atoms with Crippen molar-refractivity contribution in [3.63, 3.8) is 0 Å². The van der Waals surface area contributed by atoms with Crippen LogP contribution in [0.25, 0.3) is 21.7 Å². The summed E-state index contributed by atoms with van der Waals surface area (Å²) < 4.78 is 0. The highest BCUT2D eigenvalue weighted by molar-refractivity contribution is 7.19. The molecule has 0 saturated heterocycles. The number of hydrogen-bond acceptors (Lipinski definition) is 5. The molecule has 5 nitrogen and oxygen atoms in total. The van der Waals surface area contributed by atoms with Crippen molar-refractivity contribution >= 4 is 39.0 Å². The minimum Gasteiger partial charge on any atom is -0.382 e. The molecule has 0 aliphatic heterocycles. The number of nitrogens with one attached hydrogen (secondary N) is 2. The van der Waals surface area contributed by atoms with Gasteiger partial charge in [-0.25, -0.2) is 9.97 Å². The van der Waals surface area contributed by atoms with Gasteiger partial charge in [0.25, 0.3) is 0 Å². The lowest BCUT2D eigenvalue weighted by Crippen LogP contribution is -1.97. The van der Waals surface area contributed by atoms with Gasteiger partial charge in [-0.1, -0.05) is 41.2 Å². The van der Waals surface area contributed by atoms with Gasteiger partial charge in [0.05, 0.1) is 11.0 Å². The van der Waals surface area contributed by atoms with Crippen LogP contribution in [0.3, 0.4) is 0 Å². The number of aromatic nitrogens is 3. The summed E-state index contributed by atoms with van der Waals surface area (Å²) in [5, 5.41) is 4.18. The summed E-state index contributed by atoms with van der Waals surface area (Å²) in [5.74, 6) is 1.23. The molecule has 0 atom stereocenters. The van der Waals surface area contributed by atoms with Crippen molar-refractivity contribution in [3.8, 4) is 10.7 Å². The molecule has 2 aromatic heterocycles. The van der Waals surface area contributed by atoms with E-state index in [1.165, 1.54) is 28.0 Å². The predicted octanol–water partition coefficient (Wildman–Crippen LogP) is 4.94. The van der Waals surface area contributed by atoms with Crippen LogP contribution >= 0.6 is 11.3 Å². The van der Waals surface area contributed by atoms with Crippen LogP contribution in [0.2, 0.25) is 0 Å². The molecular formula is C19H19N5S. The first kappa shape index (κ1) is 15.7. The number of nitrogens with two attached hydrogens (primary N) is 1. The minimum atomic E-state index is 0.481. The quantitative estimate of drug-likeness (QED) is 0.489. The Labute approximate surface area is 150 Å². The molecule has 126 valence electrons. The number of nitrogens with zero attached hydrogens (tertiary/aromatic N) is 2. The number of anilines is 3. The van der Waals surface area contributed by atoms with Gasteiger partial charge < -0.3 is 16.0 Å². The third-order valence-corrected chi connectivity index (χ3v) is 5.16. The van der Waals surface area contributed by atoms with Crippen LogP contribution in [0, 0.1) is 20.8 Å². The third kappa shape index (κ3) is 2.85. The van der Waals surface area contributed by atoms with Crippen LogP contribution in [-0.2, 0) is 0 Å². The van der Waals surface area contributed by atoms with E-state index in [1.54, 1.807) is 0 Å². The van der Waals surface area contributed by atoms with Crippen molar-refractivity contribution in [1.82, 2.24) is 15.0 Å². The highest BCUT2D eigenvalue weighted by atomic mass is 32.1. The van der Waals surface area contributed by atoms with Crippen LogP contribution < -0.4 is 11.1 Å². The number of benzene rings is 2. The summed E-state index contributed by atoms with van der Waals surface area (Å²) in [6.07, 6.45) is 0. The molecule has 0 aliphatic rings. The standard InChI is InChI=1S/C19H19N5S/c1-10-8-11(2)15(12(3)9-10)23-19-24-17(20)16(25-19)18-21-13-6-4-5-7-14(13)22-18/h4-9H,20H2,1-3H3,(H,21,22)(H,23,24). The Kier molecular flexibility index (Phi) is 3.69. The fourth-order valence-corrected chi connectivity index (χ4v) is 3.93. The average Bonchev–Trinajstić information content (AvgIpc) is 3.13. The largest absolute Gasteiger partial charge is 0.382 e. The highest BCUT2D eigenvalue weighted by Crippen LogP contribution is 2.36. The Balaban J connectivity index is 1.71. The molecule has 0 unspecified atom stereocenters. The summed E-state index contributed by atoms with van der Waals surface area (Å²) in [5.41, 5.74) is 12.8. The van der Waals surface area contributed by atoms with E-state index < -0.39 is 0 Å². The fourth-order valence-electron chi connectivity index (χ4n) is 3.10. The van der Waals surface area contributed by atoms with E-state index in [4.69, 9.17) is 5.73 Å². The number of aromatic amines is 1. The molecule has 0 saturated carbocycles. The first-order chi connectivity index (χ1) is 12.0. The van der Waals surface area contributed by atoms with Crippen molar-refractivity contribution in [2.45, 2.75) is 20.8 Å². The van der Waals surface area contributed by atoms with E-state index in [-0.39, 0.29) is 0 Å². The first-order valence-electron chi connectivity index (χ1n) is 8.07. The Hall–Kier alpha value is -2.86. The fraction of sp³-hybridized carbons (Fsp3) is 0.158. The Morgan fingerprint density at radius 2 is 1.76 bits per heavy atom. The van der Waals surface area contributed by atoms with Crippen LogP contribution in [0.4, 0.5) is 16.6 Å². The van der Waals surface area contributed by atoms with Gasteiger partial charge in [0.15, 0.2) is 11.0 Å². The number of rotatable bonds is 3. The molecular weight excluding hydrogens is 330 g/mol. The molecule has 0 bridgehead atoms. The maximum absolute atomic E-state index is 6.15. The van der Waals surface area contributed by atoms with Crippen molar-refractivity contribution in [2.75, 3.05) is 11.1 Å². The SMILES string of the molecule is Cc1cc(C)c(Nc2nc(N)c(-c3nc4ccccc4[nH]3)s2)c(C)c1. The van der Waals surface area contributed by atoms with E-state index in [1.807, 2.05) is 24.3 Å². The number of H-pyrrole nitrogens is 1. The average molecular weight is 349 g/mol. The molecule has 4 aromatic rings. The summed E-state index contributed by atoms with van der Waals surface area (Å²) in [7, 11) is 0. The molecule has 0 fully saturated rings. The van der Waals surface area contributed by atoms with Crippen molar-refractivity contribution in [3.05, 3.63) is 53.1 Å². The molecule has 2 heterocycles. The topological polar surface area (TPSA) is 79.6 Å². The number of fused-ring (bicyclic) bond motifs is 1. The third-order valence-electron chi connectivity index (χ3n) is 4.17. The normalized spacial score (nSPS) is 11.2.